The van der Waals surface area contributed by atoms with Crippen LogP contribution >= 0.6 is 11.6 Å². The fourth-order valence-electron chi connectivity index (χ4n) is 2.44. The lowest BCUT2D eigenvalue weighted by atomic mass is 9.82. The number of hydrogen-bond acceptors (Lipinski definition) is 3. The zero-order valence-corrected chi connectivity index (χ0v) is 12.1. The smallest absolute Gasteiger partial charge is 0.387 e. The summed E-state index contributed by atoms with van der Waals surface area (Å²) >= 11 is 5.84. The minimum Gasteiger partial charge on any atom is -0.433 e. The minimum absolute atomic E-state index is 0.00261. The lowest BCUT2D eigenvalue weighted by Crippen LogP contribution is -2.52. The van der Waals surface area contributed by atoms with Crippen molar-refractivity contribution in [3.05, 3.63) is 23.2 Å². The van der Waals surface area contributed by atoms with E-state index >= 15 is 0 Å². The topological polar surface area (TPSA) is 64.4 Å². The second-order valence-corrected chi connectivity index (χ2v) is 5.60. The highest BCUT2D eigenvalue weighted by Crippen LogP contribution is 2.31. The zero-order chi connectivity index (χ0) is 15.5. The molecule has 0 bridgehead atoms. The molecule has 0 aliphatic heterocycles. The average Bonchev–Trinajstić information content (AvgIpc) is 2.42. The third-order valence-electron chi connectivity index (χ3n) is 3.60. The number of nitrogens with one attached hydrogen (secondary N) is 1. The number of hydrogen-bond donors (Lipinski definition) is 2. The highest BCUT2D eigenvalue weighted by atomic mass is 35.5. The molecule has 4 nitrogen and oxygen atoms in total. The van der Waals surface area contributed by atoms with E-state index in [2.05, 4.69) is 10.1 Å². The zero-order valence-electron chi connectivity index (χ0n) is 11.4. The van der Waals surface area contributed by atoms with Crippen LogP contribution in [0.1, 0.15) is 32.1 Å². The number of rotatable bonds is 4. The van der Waals surface area contributed by atoms with Crippen molar-refractivity contribution in [2.45, 2.75) is 44.3 Å². The monoisotopic (exact) mass is 318 g/mol. The van der Waals surface area contributed by atoms with Crippen LogP contribution in [0.2, 0.25) is 5.02 Å². The predicted molar refractivity (Wildman–Crippen MR) is 76.7 cm³/mol. The number of nitrogens with two attached hydrogens (primary N) is 1. The van der Waals surface area contributed by atoms with Crippen molar-refractivity contribution in [2.75, 3.05) is 5.32 Å². The molecular weight excluding hydrogens is 302 g/mol. The summed E-state index contributed by atoms with van der Waals surface area (Å²) in [6.45, 7) is -2.95. The van der Waals surface area contributed by atoms with Gasteiger partial charge in [0.25, 0.3) is 0 Å². The van der Waals surface area contributed by atoms with E-state index in [4.69, 9.17) is 17.3 Å². The number of carbonyl (C=O) groups excluding carboxylic acids is 1. The van der Waals surface area contributed by atoms with Gasteiger partial charge < -0.3 is 15.8 Å². The number of alkyl halides is 2. The molecule has 0 radical (unpaired) electrons. The molecule has 0 atom stereocenters. The second-order valence-electron chi connectivity index (χ2n) is 5.19. The van der Waals surface area contributed by atoms with Gasteiger partial charge in [0.15, 0.2) is 0 Å². The normalized spacial score (nSPS) is 17.6. The fourth-order valence-corrected chi connectivity index (χ4v) is 2.66. The van der Waals surface area contributed by atoms with Gasteiger partial charge in [0.05, 0.1) is 10.6 Å². The van der Waals surface area contributed by atoms with Crippen molar-refractivity contribution in [3.63, 3.8) is 0 Å². The van der Waals surface area contributed by atoms with Crippen molar-refractivity contribution in [3.8, 4) is 5.75 Å². The van der Waals surface area contributed by atoms with Crippen molar-refractivity contribution < 1.29 is 18.3 Å². The number of ether oxygens (including phenoxy) is 1. The quantitative estimate of drug-likeness (QED) is 0.892. The molecule has 1 saturated carbocycles. The van der Waals surface area contributed by atoms with Gasteiger partial charge in [-0.2, -0.15) is 8.78 Å². The summed E-state index contributed by atoms with van der Waals surface area (Å²) in [5.74, 6) is -0.411. The van der Waals surface area contributed by atoms with Gasteiger partial charge in [-0.1, -0.05) is 30.9 Å². The Balaban J connectivity index is 2.05. The molecule has 2 rings (SSSR count). The van der Waals surface area contributed by atoms with Gasteiger partial charge in [-0.05, 0) is 31.0 Å². The van der Waals surface area contributed by atoms with Crippen LogP contribution in [0.15, 0.2) is 18.2 Å². The van der Waals surface area contributed by atoms with Gasteiger partial charge in [0.1, 0.15) is 5.75 Å². The summed E-state index contributed by atoms with van der Waals surface area (Å²) in [6, 6.07) is 4.10. The first kappa shape index (κ1) is 16.0. The third kappa shape index (κ3) is 4.04. The van der Waals surface area contributed by atoms with E-state index in [1.54, 1.807) is 0 Å². The first-order chi connectivity index (χ1) is 9.90. The molecule has 1 fully saturated rings. The van der Waals surface area contributed by atoms with Crippen LogP contribution < -0.4 is 15.8 Å². The van der Waals surface area contributed by atoms with E-state index in [1.807, 2.05) is 0 Å². The Morgan fingerprint density at radius 2 is 2.00 bits per heavy atom. The summed E-state index contributed by atoms with van der Waals surface area (Å²) in [5.41, 5.74) is 5.65. The first-order valence-corrected chi connectivity index (χ1v) is 7.13. The van der Waals surface area contributed by atoms with Gasteiger partial charge in [-0.3, -0.25) is 4.79 Å². The lowest BCUT2D eigenvalue weighted by Gasteiger charge is -2.31. The summed E-state index contributed by atoms with van der Waals surface area (Å²) in [4.78, 5) is 12.2. The van der Waals surface area contributed by atoms with Gasteiger partial charge in [-0.15, -0.1) is 0 Å². The Morgan fingerprint density at radius 3 is 2.57 bits per heavy atom. The highest BCUT2D eigenvalue weighted by Gasteiger charge is 2.35. The number of benzene rings is 1. The van der Waals surface area contributed by atoms with Crippen molar-refractivity contribution in [2.24, 2.45) is 5.73 Å². The Hall–Kier alpha value is -1.40. The van der Waals surface area contributed by atoms with Crippen LogP contribution in [0.3, 0.4) is 0 Å². The Kier molecular flexibility index (Phi) is 5.00. The standard InChI is InChI=1S/C14H17ClF2N2O2/c15-10-8-9(4-5-11(10)21-13(16)17)19-12(20)14(18)6-2-1-3-7-14/h4-5,8,13H,1-3,6-7,18H2,(H,19,20). The van der Waals surface area contributed by atoms with Crippen LogP contribution in [0.4, 0.5) is 14.5 Å². The second kappa shape index (κ2) is 6.58. The summed E-state index contributed by atoms with van der Waals surface area (Å²) in [5, 5.41) is 2.68. The predicted octanol–water partition coefficient (Wildman–Crippen LogP) is 3.54. The molecule has 21 heavy (non-hydrogen) atoms. The van der Waals surface area contributed by atoms with Crippen LogP contribution in [0, 0.1) is 0 Å². The molecule has 0 aromatic heterocycles. The average molecular weight is 319 g/mol. The van der Waals surface area contributed by atoms with E-state index in [-0.39, 0.29) is 16.7 Å². The molecule has 0 heterocycles. The summed E-state index contributed by atoms with van der Waals surface area (Å²) < 4.78 is 28.5. The molecule has 3 N–H and O–H groups in total. The maximum absolute atomic E-state index is 12.2. The highest BCUT2D eigenvalue weighted by molar-refractivity contribution is 6.32. The van der Waals surface area contributed by atoms with Gasteiger partial charge in [0.2, 0.25) is 5.91 Å². The van der Waals surface area contributed by atoms with Crippen molar-refractivity contribution in [1.82, 2.24) is 0 Å². The number of amides is 1. The van der Waals surface area contributed by atoms with Gasteiger partial charge >= 0.3 is 6.61 Å². The maximum Gasteiger partial charge on any atom is 0.387 e. The fraction of sp³-hybridized carbons (Fsp3) is 0.500. The molecule has 0 spiro atoms. The Bertz CT molecular complexity index is 520. The number of carbonyl (C=O) groups is 1. The van der Waals surface area contributed by atoms with E-state index in [1.165, 1.54) is 18.2 Å². The van der Waals surface area contributed by atoms with Crippen LogP contribution in [0.25, 0.3) is 0 Å². The van der Waals surface area contributed by atoms with Crippen molar-refractivity contribution >= 4 is 23.2 Å². The van der Waals surface area contributed by atoms with Crippen molar-refractivity contribution in [1.29, 1.82) is 0 Å². The summed E-state index contributed by atoms with van der Waals surface area (Å²) in [6.07, 6.45) is 4.20. The Labute approximate surface area is 126 Å². The van der Waals surface area contributed by atoms with Crippen LogP contribution in [0.5, 0.6) is 5.75 Å². The molecule has 1 amide bonds. The third-order valence-corrected chi connectivity index (χ3v) is 3.90. The molecule has 1 aromatic rings. The maximum atomic E-state index is 12.2. The molecule has 116 valence electrons. The van der Waals surface area contributed by atoms with E-state index in [0.29, 0.717) is 18.5 Å². The molecule has 0 unspecified atom stereocenters. The molecule has 1 aliphatic rings. The SMILES string of the molecule is NC1(C(=O)Nc2ccc(OC(F)F)c(Cl)c2)CCCCC1. The molecule has 1 aromatic carbocycles. The lowest BCUT2D eigenvalue weighted by molar-refractivity contribution is -0.122. The first-order valence-electron chi connectivity index (χ1n) is 6.75. The number of anilines is 1. The Morgan fingerprint density at radius 1 is 1.33 bits per heavy atom. The molecular formula is C14H17ClF2N2O2. The largest absolute Gasteiger partial charge is 0.433 e. The number of halogens is 3. The van der Waals surface area contributed by atoms with E-state index in [9.17, 15) is 13.6 Å². The van der Waals surface area contributed by atoms with Gasteiger partial charge in [0, 0.05) is 5.69 Å². The van der Waals surface area contributed by atoms with Crippen LogP contribution in [-0.4, -0.2) is 18.1 Å². The van der Waals surface area contributed by atoms with Crippen LogP contribution in [-0.2, 0) is 4.79 Å². The molecule has 0 saturated heterocycles. The molecule has 1 aliphatic carbocycles. The van der Waals surface area contributed by atoms with Gasteiger partial charge in [-0.25, -0.2) is 0 Å². The summed E-state index contributed by atoms with van der Waals surface area (Å²) in [7, 11) is 0. The van der Waals surface area contributed by atoms with E-state index < -0.39 is 12.2 Å². The molecule has 7 heteroatoms. The minimum atomic E-state index is -2.95. The van der Waals surface area contributed by atoms with E-state index in [0.717, 1.165) is 19.3 Å².